The number of hydrogen-bond donors (Lipinski definition) is 1. The highest BCUT2D eigenvalue weighted by Crippen LogP contribution is 2.22. The molecule has 0 bridgehead atoms. The van der Waals surface area contributed by atoms with Crippen LogP contribution in [0.2, 0.25) is 0 Å². The summed E-state index contributed by atoms with van der Waals surface area (Å²) in [5, 5.41) is 0. The molecule has 7 heteroatoms. The Bertz CT molecular complexity index is 437. The van der Waals surface area contributed by atoms with Gasteiger partial charge in [0.1, 0.15) is 0 Å². The fourth-order valence-electron chi connectivity index (χ4n) is 3.50. The molecule has 0 saturated carbocycles. The van der Waals surface area contributed by atoms with Crippen LogP contribution in [0.4, 0.5) is 0 Å². The summed E-state index contributed by atoms with van der Waals surface area (Å²) in [5.74, 6) is 0.586. The largest absolute Gasteiger partial charge is 0.373 e. The standard InChI is InChI=1S/C15H31N3O3S/c1-12(2)16-22(19,20)18-7-5-15(6-8-18)11-17-9-13(3)21-14(4)10-17/h12-16H,5-11H2,1-4H3/t13-,14-/m1/s1. The van der Waals surface area contributed by atoms with Crippen molar-refractivity contribution < 1.29 is 13.2 Å². The monoisotopic (exact) mass is 333 g/mol. The van der Waals surface area contributed by atoms with E-state index in [1.807, 2.05) is 13.8 Å². The second-order valence-electron chi connectivity index (χ2n) is 7.10. The van der Waals surface area contributed by atoms with Gasteiger partial charge in [0.2, 0.25) is 0 Å². The molecule has 22 heavy (non-hydrogen) atoms. The molecule has 2 saturated heterocycles. The first-order chi connectivity index (χ1) is 10.3. The SMILES string of the molecule is CC(C)NS(=O)(=O)N1CCC(CN2C[C@@H](C)O[C@H](C)C2)CC1. The van der Waals surface area contributed by atoms with E-state index < -0.39 is 10.2 Å². The first kappa shape index (κ1) is 18.1. The molecule has 2 aliphatic heterocycles. The zero-order valence-corrected chi connectivity index (χ0v) is 15.1. The summed E-state index contributed by atoms with van der Waals surface area (Å²) < 4.78 is 34.4. The van der Waals surface area contributed by atoms with Crippen molar-refractivity contribution in [3.63, 3.8) is 0 Å². The van der Waals surface area contributed by atoms with Crippen molar-refractivity contribution >= 4 is 10.2 Å². The van der Waals surface area contributed by atoms with Gasteiger partial charge in [0, 0.05) is 38.8 Å². The predicted octanol–water partition coefficient (Wildman–Crippen LogP) is 1.05. The number of nitrogens with zero attached hydrogens (tertiary/aromatic N) is 2. The van der Waals surface area contributed by atoms with Crippen LogP contribution in [-0.2, 0) is 14.9 Å². The molecule has 0 aliphatic carbocycles. The van der Waals surface area contributed by atoms with Crippen molar-refractivity contribution in [1.29, 1.82) is 0 Å². The Hall–Kier alpha value is -0.210. The summed E-state index contributed by atoms with van der Waals surface area (Å²) in [4.78, 5) is 2.47. The van der Waals surface area contributed by atoms with Crippen molar-refractivity contribution in [3.05, 3.63) is 0 Å². The molecule has 1 N–H and O–H groups in total. The normalized spacial score (nSPS) is 30.0. The van der Waals surface area contributed by atoms with E-state index in [1.165, 1.54) is 0 Å². The van der Waals surface area contributed by atoms with E-state index in [9.17, 15) is 8.42 Å². The molecule has 2 rings (SSSR count). The number of piperidine rings is 1. The lowest BCUT2D eigenvalue weighted by Gasteiger charge is -2.39. The third-order valence-electron chi connectivity index (χ3n) is 4.31. The first-order valence-corrected chi connectivity index (χ1v) is 9.85. The molecule has 0 unspecified atom stereocenters. The molecule has 2 heterocycles. The maximum Gasteiger partial charge on any atom is 0.279 e. The van der Waals surface area contributed by atoms with Gasteiger partial charge in [-0.15, -0.1) is 0 Å². The van der Waals surface area contributed by atoms with E-state index in [0.29, 0.717) is 31.2 Å². The van der Waals surface area contributed by atoms with Gasteiger partial charge >= 0.3 is 0 Å². The summed E-state index contributed by atoms with van der Waals surface area (Å²) in [6.45, 7) is 12.2. The number of rotatable bonds is 5. The highest BCUT2D eigenvalue weighted by Gasteiger charge is 2.30. The lowest BCUT2D eigenvalue weighted by molar-refractivity contribution is -0.0726. The van der Waals surface area contributed by atoms with Crippen LogP contribution in [-0.4, -0.2) is 68.6 Å². The molecule has 2 atom stereocenters. The molecule has 2 aliphatic rings. The zero-order valence-electron chi connectivity index (χ0n) is 14.3. The van der Waals surface area contributed by atoms with Gasteiger partial charge in [0.25, 0.3) is 10.2 Å². The van der Waals surface area contributed by atoms with Crippen LogP contribution in [0, 0.1) is 5.92 Å². The summed E-state index contributed by atoms with van der Waals surface area (Å²) in [6, 6.07) is -0.0564. The van der Waals surface area contributed by atoms with Crippen LogP contribution in [0.25, 0.3) is 0 Å². The van der Waals surface area contributed by atoms with Gasteiger partial charge in [-0.3, -0.25) is 4.90 Å². The van der Waals surface area contributed by atoms with E-state index in [2.05, 4.69) is 23.5 Å². The van der Waals surface area contributed by atoms with Crippen LogP contribution in [0.15, 0.2) is 0 Å². The smallest absolute Gasteiger partial charge is 0.279 e. The van der Waals surface area contributed by atoms with Crippen LogP contribution in [0.1, 0.15) is 40.5 Å². The molecule has 0 aromatic heterocycles. The Morgan fingerprint density at radius 2 is 1.68 bits per heavy atom. The number of morpholine rings is 1. The fraction of sp³-hybridized carbons (Fsp3) is 1.00. The Kier molecular flexibility index (Phi) is 6.24. The van der Waals surface area contributed by atoms with Crippen LogP contribution in [0.3, 0.4) is 0 Å². The molecule has 0 aromatic carbocycles. The van der Waals surface area contributed by atoms with Crippen molar-refractivity contribution in [1.82, 2.24) is 13.9 Å². The minimum Gasteiger partial charge on any atom is -0.373 e. The highest BCUT2D eigenvalue weighted by atomic mass is 32.2. The van der Waals surface area contributed by atoms with E-state index in [4.69, 9.17) is 4.74 Å². The van der Waals surface area contributed by atoms with E-state index in [-0.39, 0.29) is 6.04 Å². The summed E-state index contributed by atoms with van der Waals surface area (Å²) in [7, 11) is -3.31. The number of hydrogen-bond acceptors (Lipinski definition) is 4. The summed E-state index contributed by atoms with van der Waals surface area (Å²) in [6.07, 6.45) is 2.47. The predicted molar refractivity (Wildman–Crippen MR) is 87.9 cm³/mol. The molecule has 2 fully saturated rings. The molecule has 0 amide bonds. The van der Waals surface area contributed by atoms with E-state index in [1.54, 1.807) is 4.31 Å². The van der Waals surface area contributed by atoms with Crippen LogP contribution < -0.4 is 4.72 Å². The van der Waals surface area contributed by atoms with E-state index in [0.717, 1.165) is 32.5 Å². The Morgan fingerprint density at radius 1 is 1.14 bits per heavy atom. The molecule has 130 valence electrons. The van der Waals surface area contributed by atoms with Gasteiger partial charge in [-0.1, -0.05) is 0 Å². The zero-order chi connectivity index (χ0) is 16.3. The maximum atomic E-state index is 12.2. The Balaban J connectivity index is 1.80. The Labute approximate surface area is 135 Å². The lowest BCUT2D eigenvalue weighted by atomic mass is 9.97. The van der Waals surface area contributed by atoms with Gasteiger partial charge in [-0.05, 0) is 46.5 Å². The molecular weight excluding hydrogens is 302 g/mol. The first-order valence-electron chi connectivity index (χ1n) is 8.41. The Morgan fingerprint density at radius 3 is 2.18 bits per heavy atom. The average Bonchev–Trinajstić information content (AvgIpc) is 2.36. The topological polar surface area (TPSA) is 61.9 Å². The van der Waals surface area contributed by atoms with Crippen LogP contribution >= 0.6 is 0 Å². The second-order valence-corrected chi connectivity index (χ2v) is 8.80. The van der Waals surface area contributed by atoms with Gasteiger partial charge in [-0.25, -0.2) is 0 Å². The third-order valence-corrected chi connectivity index (χ3v) is 6.12. The van der Waals surface area contributed by atoms with Gasteiger partial charge in [0.15, 0.2) is 0 Å². The highest BCUT2D eigenvalue weighted by molar-refractivity contribution is 7.87. The van der Waals surface area contributed by atoms with Crippen molar-refractivity contribution in [3.8, 4) is 0 Å². The van der Waals surface area contributed by atoms with Crippen LogP contribution in [0.5, 0.6) is 0 Å². The van der Waals surface area contributed by atoms with Gasteiger partial charge in [0.05, 0.1) is 12.2 Å². The summed E-state index contributed by atoms with van der Waals surface area (Å²) in [5.41, 5.74) is 0. The minimum atomic E-state index is -3.31. The van der Waals surface area contributed by atoms with Crippen molar-refractivity contribution in [2.24, 2.45) is 5.92 Å². The third kappa shape index (κ3) is 5.16. The van der Waals surface area contributed by atoms with E-state index >= 15 is 0 Å². The molecular formula is C15H31N3O3S. The molecule has 0 aromatic rings. The van der Waals surface area contributed by atoms with Gasteiger partial charge < -0.3 is 4.74 Å². The van der Waals surface area contributed by atoms with Crippen molar-refractivity contribution in [2.75, 3.05) is 32.7 Å². The summed E-state index contributed by atoms with van der Waals surface area (Å²) >= 11 is 0. The molecule has 0 radical (unpaired) electrons. The second kappa shape index (κ2) is 7.57. The van der Waals surface area contributed by atoms with Crippen molar-refractivity contribution in [2.45, 2.75) is 58.8 Å². The quantitative estimate of drug-likeness (QED) is 0.817. The lowest BCUT2D eigenvalue weighted by Crippen LogP contribution is -2.50. The average molecular weight is 333 g/mol. The number of nitrogens with one attached hydrogen (secondary N) is 1. The minimum absolute atomic E-state index is 0.0564. The molecule has 0 spiro atoms. The number of ether oxygens (including phenoxy) is 1. The molecule has 6 nitrogen and oxygen atoms in total. The fourth-order valence-corrected chi connectivity index (χ4v) is 4.94. The van der Waals surface area contributed by atoms with Gasteiger partial charge in [-0.2, -0.15) is 17.4 Å². The maximum absolute atomic E-state index is 12.2.